The minimum Gasteiger partial charge on any atom is -0.366 e. The molecule has 1 N–H and O–H groups in total. The van der Waals surface area contributed by atoms with Gasteiger partial charge >= 0.3 is 0 Å². The van der Waals surface area contributed by atoms with E-state index >= 15 is 0 Å². The standard InChI is InChI=1S/C13H18ClN5O/c1-9(20)19-5-3-11(4-6-19)16-12-10(7-15)8-18(2)13(14)17-12/h11,16H,3-6,8H2,1-2H3. The summed E-state index contributed by atoms with van der Waals surface area (Å²) in [6.45, 7) is 3.53. The molecule has 1 amide bonds. The maximum Gasteiger partial charge on any atom is 0.219 e. The number of nitriles is 1. The van der Waals surface area contributed by atoms with E-state index in [-0.39, 0.29) is 11.9 Å². The highest BCUT2D eigenvalue weighted by Crippen LogP contribution is 2.18. The molecule has 0 radical (unpaired) electrons. The summed E-state index contributed by atoms with van der Waals surface area (Å²) in [5.74, 6) is 0.678. The Hall–Kier alpha value is -1.74. The zero-order chi connectivity index (χ0) is 14.7. The molecule has 0 spiro atoms. The molecule has 7 heteroatoms. The van der Waals surface area contributed by atoms with Crippen molar-refractivity contribution >= 4 is 22.8 Å². The molecule has 2 heterocycles. The Labute approximate surface area is 123 Å². The van der Waals surface area contributed by atoms with Gasteiger partial charge in [-0.05, 0) is 24.4 Å². The maximum atomic E-state index is 11.3. The van der Waals surface area contributed by atoms with Crippen LogP contribution in [0.25, 0.3) is 0 Å². The monoisotopic (exact) mass is 295 g/mol. The van der Waals surface area contributed by atoms with E-state index in [0.717, 1.165) is 25.9 Å². The number of amidine groups is 1. The van der Waals surface area contributed by atoms with Crippen molar-refractivity contribution in [2.24, 2.45) is 4.99 Å². The number of aliphatic imine (C=N–C) groups is 1. The first kappa shape index (κ1) is 14.7. The van der Waals surface area contributed by atoms with E-state index in [1.54, 1.807) is 18.9 Å². The maximum absolute atomic E-state index is 11.3. The lowest BCUT2D eigenvalue weighted by Crippen LogP contribution is -2.44. The number of amides is 1. The molecular weight excluding hydrogens is 278 g/mol. The Bertz CT molecular complexity index is 499. The largest absolute Gasteiger partial charge is 0.366 e. The van der Waals surface area contributed by atoms with Crippen LogP contribution in [0.4, 0.5) is 0 Å². The van der Waals surface area contributed by atoms with Crippen LogP contribution in [-0.2, 0) is 4.79 Å². The average molecular weight is 296 g/mol. The SMILES string of the molecule is CC(=O)N1CCC(NC2=C(C#N)CN(C)C(Cl)=N2)CC1. The quantitative estimate of drug-likeness (QED) is 0.767. The number of hydrogen-bond acceptors (Lipinski definition) is 5. The molecule has 0 bridgehead atoms. The average Bonchev–Trinajstić information content (AvgIpc) is 2.43. The smallest absolute Gasteiger partial charge is 0.219 e. The number of halogens is 1. The molecule has 0 aromatic rings. The summed E-state index contributed by atoms with van der Waals surface area (Å²) in [6, 6.07) is 2.39. The van der Waals surface area contributed by atoms with Gasteiger partial charge in [-0.3, -0.25) is 4.79 Å². The van der Waals surface area contributed by atoms with Crippen molar-refractivity contribution < 1.29 is 4.79 Å². The number of nitrogens with zero attached hydrogens (tertiary/aromatic N) is 4. The summed E-state index contributed by atoms with van der Waals surface area (Å²) in [4.78, 5) is 19.1. The topological polar surface area (TPSA) is 71.7 Å². The van der Waals surface area contributed by atoms with E-state index in [4.69, 9.17) is 11.6 Å². The second-order valence-electron chi connectivity index (χ2n) is 5.10. The van der Waals surface area contributed by atoms with Crippen molar-refractivity contribution in [3.05, 3.63) is 11.4 Å². The van der Waals surface area contributed by atoms with Crippen LogP contribution in [0.15, 0.2) is 16.4 Å². The van der Waals surface area contributed by atoms with Gasteiger partial charge in [-0.1, -0.05) is 0 Å². The number of piperidine rings is 1. The Morgan fingerprint density at radius 2 is 2.15 bits per heavy atom. The lowest BCUT2D eigenvalue weighted by atomic mass is 10.0. The molecule has 0 unspecified atom stereocenters. The lowest BCUT2D eigenvalue weighted by Gasteiger charge is -2.33. The fourth-order valence-electron chi connectivity index (χ4n) is 2.36. The summed E-state index contributed by atoms with van der Waals surface area (Å²) in [5.41, 5.74) is 0.589. The molecular formula is C13H18ClN5O. The summed E-state index contributed by atoms with van der Waals surface area (Å²) >= 11 is 6.01. The molecule has 0 aromatic carbocycles. The second kappa shape index (κ2) is 6.14. The van der Waals surface area contributed by atoms with Crippen molar-refractivity contribution in [1.82, 2.24) is 15.1 Å². The highest BCUT2D eigenvalue weighted by atomic mass is 35.5. The first-order valence-corrected chi connectivity index (χ1v) is 6.99. The molecule has 2 aliphatic rings. The molecule has 1 saturated heterocycles. The van der Waals surface area contributed by atoms with E-state index in [0.29, 0.717) is 23.2 Å². The number of rotatable bonds is 2. The zero-order valence-electron chi connectivity index (χ0n) is 11.7. The van der Waals surface area contributed by atoms with E-state index in [1.807, 2.05) is 4.90 Å². The molecule has 0 saturated carbocycles. The third-order valence-electron chi connectivity index (χ3n) is 3.62. The highest BCUT2D eigenvalue weighted by Gasteiger charge is 2.24. The highest BCUT2D eigenvalue weighted by molar-refractivity contribution is 6.64. The minimum atomic E-state index is 0.112. The summed E-state index contributed by atoms with van der Waals surface area (Å²) in [5, 5.41) is 12.8. The van der Waals surface area contributed by atoms with Crippen LogP contribution in [0, 0.1) is 11.3 Å². The first-order valence-electron chi connectivity index (χ1n) is 6.62. The second-order valence-corrected chi connectivity index (χ2v) is 5.44. The van der Waals surface area contributed by atoms with Crippen LogP contribution in [0.1, 0.15) is 19.8 Å². The number of carbonyl (C=O) groups excluding carboxylic acids is 1. The van der Waals surface area contributed by atoms with Gasteiger partial charge in [0, 0.05) is 33.1 Å². The van der Waals surface area contributed by atoms with Crippen molar-refractivity contribution in [2.75, 3.05) is 26.7 Å². The normalized spacial score (nSPS) is 20.6. The Kier molecular flexibility index (Phi) is 4.50. The third-order valence-corrected chi connectivity index (χ3v) is 3.99. The third kappa shape index (κ3) is 3.23. The van der Waals surface area contributed by atoms with Crippen molar-refractivity contribution in [1.29, 1.82) is 5.26 Å². The van der Waals surface area contributed by atoms with Crippen LogP contribution in [0.2, 0.25) is 0 Å². The molecule has 20 heavy (non-hydrogen) atoms. The van der Waals surface area contributed by atoms with Gasteiger partial charge in [0.15, 0.2) is 0 Å². The van der Waals surface area contributed by atoms with Gasteiger partial charge < -0.3 is 15.1 Å². The van der Waals surface area contributed by atoms with Crippen LogP contribution in [-0.4, -0.2) is 53.7 Å². The predicted octanol–water partition coefficient (Wildman–Crippen LogP) is 0.862. The van der Waals surface area contributed by atoms with Crippen LogP contribution < -0.4 is 5.32 Å². The van der Waals surface area contributed by atoms with E-state index in [1.165, 1.54) is 0 Å². The van der Waals surface area contributed by atoms with E-state index in [2.05, 4.69) is 16.4 Å². The molecule has 0 aliphatic carbocycles. The Balaban J connectivity index is 2.00. The first-order chi connectivity index (χ1) is 9.51. The fourth-order valence-corrected chi connectivity index (χ4v) is 2.51. The number of likely N-dealkylation sites (N-methyl/N-ethyl adjacent to an activating group) is 1. The van der Waals surface area contributed by atoms with Crippen molar-refractivity contribution in [3.8, 4) is 6.07 Å². The molecule has 2 rings (SSSR count). The molecule has 6 nitrogen and oxygen atoms in total. The number of likely N-dealkylation sites (tertiary alicyclic amines) is 1. The number of nitrogens with one attached hydrogen (secondary N) is 1. The Morgan fingerprint density at radius 1 is 1.50 bits per heavy atom. The van der Waals surface area contributed by atoms with Crippen LogP contribution >= 0.6 is 11.6 Å². The van der Waals surface area contributed by atoms with Gasteiger partial charge in [0.25, 0.3) is 0 Å². The van der Waals surface area contributed by atoms with Gasteiger partial charge in [0.1, 0.15) is 11.9 Å². The van der Waals surface area contributed by atoms with E-state index in [9.17, 15) is 10.1 Å². The molecule has 2 aliphatic heterocycles. The number of hydrogen-bond donors (Lipinski definition) is 1. The molecule has 1 fully saturated rings. The van der Waals surface area contributed by atoms with Gasteiger partial charge in [0.05, 0.1) is 12.1 Å². The van der Waals surface area contributed by atoms with Gasteiger partial charge in [-0.25, -0.2) is 4.99 Å². The van der Waals surface area contributed by atoms with Crippen molar-refractivity contribution in [2.45, 2.75) is 25.8 Å². The number of carbonyl (C=O) groups is 1. The summed E-state index contributed by atoms with van der Waals surface area (Å²) in [7, 11) is 1.80. The Morgan fingerprint density at radius 3 is 2.70 bits per heavy atom. The molecule has 108 valence electrons. The van der Waals surface area contributed by atoms with Crippen LogP contribution in [0.3, 0.4) is 0 Å². The summed E-state index contributed by atoms with van der Waals surface area (Å²) < 4.78 is 0. The summed E-state index contributed by atoms with van der Waals surface area (Å²) in [6.07, 6.45) is 1.70. The lowest BCUT2D eigenvalue weighted by molar-refractivity contribution is -0.129. The van der Waals surface area contributed by atoms with Crippen LogP contribution in [0.5, 0.6) is 0 Å². The van der Waals surface area contributed by atoms with Gasteiger partial charge in [-0.15, -0.1) is 0 Å². The van der Waals surface area contributed by atoms with Gasteiger partial charge in [0.2, 0.25) is 11.2 Å². The van der Waals surface area contributed by atoms with Gasteiger partial charge in [-0.2, -0.15) is 5.26 Å². The minimum absolute atomic E-state index is 0.112. The van der Waals surface area contributed by atoms with Crippen molar-refractivity contribution in [3.63, 3.8) is 0 Å². The fraction of sp³-hybridized carbons (Fsp3) is 0.615. The van der Waals surface area contributed by atoms with E-state index < -0.39 is 0 Å². The zero-order valence-corrected chi connectivity index (χ0v) is 12.4. The molecule has 0 atom stereocenters. The predicted molar refractivity (Wildman–Crippen MR) is 77.0 cm³/mol. The molecule has 0 aromatic heterocycles.